The van der Waals surface area contributed by atoms with Crippen molar-refractivity contribution in [2.45, 2.75) is 25.3 Å². The monoisotopic (exact) mass is 235 g/mol. The molecule has 1 unspecified atom stereocenters. The highest BCUT2D eigenvalue weighted by molar-refractivity contribution is 7.20. The van der Waals surface area contributed by atoms with Crippen LogP contribution in [0.2, 0.25) is 8.67 Å². The van der Waals surface area contributed by atoms with E-state index in [1.165, 1.54) is 30.6 Å². The molecule has 2 N–H and O–H groups in total. The Morgan fingerprint density at radius 3 is 2.54 bits per heavy atom. The van der Waals surface area contributed by atoms with E-state index < -0.39 is 0 Å². The maximum Gasteiger partial charge on any atom is 0.0991 e. The summed E-state index contributed by atoms with van der Waals surface area (Å²) in [6, 6.07) is 1.99. The van der Waals surface area contributed by atoms with Crippen LogP contribution in [0.1, 0.15) is 30.9 Å². The summed E-state index contributed by atoms with van der Waals surface area (Å²) in [5, 5.41) is 0. The quantitative estimate of drug-likeness (QED) is 0.829. The number of halogens is 2. The summed E-state index contributed by atoms with van der Waals surface area (Å²) in [5.74, 6) is 0.614. The predicted octanol–water partition coefficient (Wildman–Crippen LogP) is 3.85. The molecule has 1 atom stereocenters. The molecule has 1 aromatic rings. The fraction of sp³-hybridized carbons (Fsp3) is 0.556. The molecule has 2 rings (SSSR count). The Morgan fingerprint density at radius 1 is 1.46 bits per heavy atom. The molecule has 0 amide bonds. The van der Waals surface area contributed by atoms with Gasteiger partial charge in [0.15, 0.2) is 0 Å². The second kappa shape index (κ2) is 3.77. The molecule has 0 radical (unpaired) electrons. The van der Waals surface area contributed by atoms with Crippen LogP contribution < -0.4 is 5.73 Å². The summed E-state index contributed by atoms with van der Waals surface area (Å²) in [5.41, 5.74) is 7.11. The summed E-state index contributed by atoms with van der Waals surface area (Å²) in [6.07, 6.45) is 3.75. The molecule has 0 aromatic carbocycles. The summed E-state index contributed by atoms with van der Waals surface area (Å²) >= 11 is 13.3. The first-order chi connectivity index (χ1) is 6.18. The Bertz CT molecular complexity index is 307. The summed E-state index contributed by atoms with van der Waals surface area (Å²) in [7, 11) is 0. The molecule has 1 aliphatic carbocycles. The molecule has 1 fully saturated rings. The van der Waals surface area contributed by atoms with Gasteiger partial charge in [-0.15, -0.1) is 11.3 Å². The maximum atomic E-state index is 6.08. The van der Waals surface area contributed by atoms with E-state index >= 15 is 0 Å². The lowest BCUT2D eigenvalue weighted by atomic mass is 9.78. The molecule has 1 heterocycles. The zero-order chi connectivity index (χ0) is 9.42. The van der Waals surface area contributed by atoms with Crippen LogP contribution in [0.25, 0.3) is 0 Å². The average molecular weight is 236 g/mol. The topological polar surface area (TPSA) is 26.0 Å². The van der Waals surface area contributed by atoms with Gasteiger partial charge < -0.3 is 5.73 Å². The third kappa shape index (κ3) is 1.86. The fourth-order valence-electron chi connectivity index (χ4n) is 1.63. The predicted molar refractivity (Wildman–Crippen MR) is 58.6 cm³/mol. The van der Waals surface area contributed by atoms with Crippen LogP contribution in [0.3, 0.4) is 0 Å². The summed E-state index contributed by atoms with van der Waals surface area (Å²) in [6.45, 7) is 0. The van der Waals surface area contributed by atoms with Crippen molar-refractivity contribution in [2.75, 3.05) is 0 Å². The largest absolute Gasteiger partial charge is 0.324 e. The maximum absolute atomic E-state index is 6.08. The van der Waals surface area contributed by atoms with Gasteiger partial charge in [0.05, 0.1) is 8.67 Å². The van der Waals surface area contributed by atoms with Gasteiger partial charge in [-0.2, -0.15) is 0 Å². The fourth-order valence-corrected chi connectivity index (χ4v) is 3.20. The van der Waals surface area contributed by atoms with Gasteiger partial charge in [-0.3, -0.25) is 0 Å². The first kappa shape index (κ1) is 9.78. The summed E-state index contributed by atoms with van der Waals surface area (Å²) in [4.78, 5) is 0. The van der Waals surface area contributed by atoms with E-state index in [1.54, 1.807) is 0 Å². The molecule has 1 saturated carbocycles. The van der Waals surface area contributed by atoms with Gasteiger partial charge >= 0.3 is 0 Å². The minimum absolute atomic E-state index is 0.0880. The molecule has 1 nitrogen and oxygen atoms in total. The molecule has 0 spiro atoms. The smallest absolute Gasteiger partial charge is 0.0991 e. The van der Waals surface area contributed by atoms with Crippen molar-refractivity contribution in [3.8, 4) is 0 Å². The third-order valence-electron chi connectivity index (χ3n) is 2.70. The van der Waals surface area contributed by atoms with E-state index in [0.717, 1.165) is 14.2 Å². The second-order valence-electron chi connectivity index (χ2n) is 3.50. The third-order valence-corrected chi connectivity index (χ3v) is 4.22. The van der Waals surface area contributed by atoms with Crippen LogP contribution in [-0.4, -0.2) is 0 Å². The lowest BCUT2D eigenvalue weighted by Gasteiger charge is -2.31. The molecule has 1 aliphatic rings. The molecule has 1 aromatic heterocycles. The minimum Gasteiger partial charge on any atom is -0.324 e. The van der Waals surface area contributed by atoms with Crippen molar-refractivity contribution in [1.82, 2.24) is 0 Å². The van der Waals surface area contributed by atoms with Crippen LogP contribution in [0.5, 0.6) is 0 Å². The van der Waals surface area contributed by atoms with Crippen molar-refractivity contribution in [2.24, 2.45) is 11.7 Å². The molecule has 13 heavy (non-hydrogen) atoms. The van der Waals surface area contributed by atoms with Crippen molar-refractivity contribution < 1.29 is 0 Å². The van der Waals surface area contributed by atoms with Gasteiger partial charge in [0.1, 0.15) is 0 Å². The number of nitrogens with two attached hydrogens (primary N) is 1. The van der Waals surface area contributed by atoms with Crippen LogP contribution in [0.4, 0.5) is 0 Å². The van der Waals surface area contributed by atoms with Crippen molar-refractivity contribution >= 4 is 34.5 Å². The van der Waals surface area contributed by atoms with Gasteiger partial charge in [-0.1, -0.05) is 29.6 Å². The van der Waals surface area contributed by atoms with E-state index in [9.17, 15) is 0 Å². The lowest BCUT2D eigenvalue weighted by molar-refractivity contribution is 0.265. The SMILES string of the molecule is NC(c1cc(Cl)sc1Cl)C1CCC1. The number of hydrogen-bond donors (Lipinski definition) is 1. The Hall–Kier alpha value is 0.240. The van der Waals surface area contributed by atoms with E-state index in [-0.39, 0.29) is 6.04 Å². The highest BCUT2D eigenvalue weighted by Gasteiger charge is 2.27. The van der Waals surface area contributed by atoms with Crippen molar-refractivity contribution in [3.05, 3.63) is 20.3 Å². The zero-order valence-corrected chi connectivity index (χ0v) is 9.42. The van der Waals surface area contributed by atoms with E-state index in [0.29, 0.717) is 5.92 Å². The van der Waals surface area contributed by atoms with Gasteiger partial charge in [0, 0.05) is 11.6 Å². The minimum atomic E-state index is 0.0880. The molecular weight excluding hydrogens is 225 g/mol. The number of hydrogen-bond acceptors (Lipinski definition) is 2. The van der Waals surface area contributed by atoms with Crippen LogP contribution in [-0.2, 0) is 0 Å². The zero-order valence-electron chi connectivity index (χ0n) is 7.09. The van der Waals surface area contributed by atoms with Crippen LogP contribution in [0.15, 0.2) is 6.07 Å². The van der Waals surface area contributed by atoms with Crippen LogP contribution in [0, 0.1) is 5.92 Å². The summed E-state index contributed by atoms with van der Waals surface area (Å²) < 4.78 is 1.49. The average Bonchev–Trinajstić information content (AvgIpc) is 2.26. The molecule has 0 bridgehead atoms. The highest BCUT2D eigenvalue weighted by Crippen LogP contribution is 2.42. The van der Waals surface area contributed by atoms with E-state index in [2.05, 4.69) is 0 Å². The Morgan fingerprint density at radius 2 is 2.15 bits per heavy atom. The van der Waals surface area contributed by atoms with E-state index in [4.69, 9.17) is 28.9 Å². The Balaban J connectivity index is 2.18. The highest BCUT2D eigenvalue weighted by atomic mass is 35.5. The number of thiophene rings is 1. The molecule has 0 saturated heterocycles. The molecular formula is C9H11Cl2NS. The Labute approximate surface area is 91.8 Å². The first-order valence-corrected chi connectivity index (χ1v) is 5.96. The molecule has 4 heteroatoms. The van der Waals surface area contributed by atoms with Gasteiger partial charge in [0.25, 0.3) is 0 Å². The van der Waals surface area contributed by atoms with Crippen molar-refractivity contribution in [3.63, 3.8) is 0 Å². The van der Waals surface area contributed by atoms with Crippen molar-refractivity contribution in [1.29, 1.82) is 0 Å². The van der Waals surface area contributed by atoms with Gasteiger partial charge in [-0.25, -0.2) is 0 Å². The van der Waals surface area contributed by atoms with Gasteiger partial charge in [-0.05, 0) is 24.8 Å². The molecule has 72 valence electrons. The lowest BCUT2D eigenvalue weighted by Crippen LogP contribution is -2.26. The Kier molecular flexibility index (Phi) is 2.84. The number of rotatable bonds is 2. The standard InChI is InChI=1S/C9H11Cl2NS/c10-7-4-6(9(11)13-7)8(12)5-2-1-3-5/h4-5,8H,1-3,12H2. The normalized spacial score (nSPS) is 19.9. The molecule has 0 aliphatic heterocycles. The first-order valence-electron chi connectivity index (χ1n) is 4.39. The van der Waals surface area contributed by atoms with Gasteiger partial charge in [0.2, 0.25) is 0 Å². The second-order valence-corrected chi connectivity index (χ2v) is 5.78. The van der Waals surface area contributed by atoms with E-state index in [1.807, 2.05) is 6.07 Å². The van der Waals surface area contributed by atoms with Crippen LogP contribution >= 0.6 is 34.5 Å².